The predicted octanol–water partition coefficient (Wildman–Crippen LogP) is 6.83. The zero-order chi connectivity index (χ0) is 34.3. The van der Waals surface area contributed by atoms with Gasteiger partial charge in [0.2, 0.25) is 0 Å². The van der Waals surface area contributed by atoms with E-state index in [-0.39, 0.29) is 37.7 Å². The first-order valence-corrected chi connectivity index (χ1v) is 14.8. The number of carbonyl (C=O) groups is 4. The van der Waals surface area contributed by atoms with Crippen molar-refractivity contribution in [3.63, 3.8) is 0 Å². The summed E-state index contributed by atoms with van der Waals surface area (Å²) in [6.07, 6.45) is 0.806. The molecule has 0 spiro atoms. The fraction of sp³-hybridized carbons (Fsp3) is 0.243. The molecule has 0 aliphatic rings. The summed E-state index contributed by atoms with van der Waals surface area (Å²) in [7, 11) is 0. The van der Waals surface area contributed by atoms with E-state index in [1.807, 2.05) is 12.1 Å². The molecule has 10 nitrogen and oxygen atoms in total. The number of carbonyl (C=O) groups excluding carboxylic acids is 4. The van der Waals surface area contributed by atoms with Crippen LogP contribution in [-0.4, -0.2) is 50.3 Å². The van der Waals surface area contributed by atoms with Crippen LogP contribution >= 0.6 is 0 Å². The number of benzene rings is 3. The summed E-state index contributed by atoms with van der Waals surface area (Å²) >= 11 is 0. The van der Waals surface area contributed by atoms with E-state index in [0.717, 1.165) is 11.1 Å². The van der Waals surface area contributed by atoms with Gasteiger partial charge in [-0.25, -0.2) is 19.2 Å². The van der Waals surface area contributed by atoms with Crippen molar-refractivity contribution in [1.29, 1.82) is 0 Å². The summed E-state index contributed by atoms with van der Waals surface area (Å²) in [4.78, 5) is 48.0. The molecule has 246 valence electrons. The molecule has 0 unspecified atom stereocenters. The summed E-state index contributed by atoms with van der Waals surface area (Å²) in [6.45, 7) is 16.0. The molecule has 0 N–H and O–H groups in total. The van der Waals surface area contributed by atoms with Crippen LogP contribution in [0, 0.1) is 0 Å². The van der Waals surface area contributed by atoms with Gasteiger partial charge < -0.3 is 28.4 Å². The molecule has 0 aliphatic carbocycles. The second kappa shape index (κ2) is 17.7. The summed E-state index contributed by atoms with van der Waals surface area (Å²) in [5, 5.41) is 0. The van der Waals surface area contributed by atoms with Crippen LogP contribution in [0.25, 0.3) is 11.1 Å². The Hall–Kier alpha value is -5.64. The number of esters is 4. The molecule has 0 saturated heterocycles. The van der Waals surface area contributed by atoms with E-state index in [2.05, 4.69) is 19.7 Å². The van der Waals surface area contributed by atoms with Gasteiger partial charge in [-0.1, -0.05) is 44.0 Å². The van der Waals surface area contributed by atoms with Crippen molar-refractivity contribution in [2.24, 2.45) is 0 Å². The molecule has 0 amide bonds. The van der Waals surface area contributed by atoms with Crippen molar-refractivity contribution in [2.45, 2.75) is 33.6 Å². The Kier molecular flexibility index (Phi) is 13.5. The minimum absolute atomic E-state index is 0.125. The van der Waals surface area contributed by atoms with Gasteiger partial charge in [0.05, 0.1) is 32.0 Å². The molecule has 3 aromatic carbocycles. The molecule has 3 rings (SSSR count). The van der Waals surface area contributed by atoms with Crippen LogP contribution in [0.3, 0.4) is 0 Å². The van der Waals surface area contributed by atoms with Crippen LogP contribution in [0.15, 0.2) is 103 Å². The van der Waals surface area contributed by atoms with E-state index in [0.29, 0.717) is 46.8 Å². The first kappa shape index (κ1) is 35.8. The average Bonchev–Trinajstić information content (AvgIpc) is 3.05. The molecule has 0 radical (unpaired) electrons. The molecular formula is C37H38O10. The molecule has 0 heterocycles. The topological polar surface area (TPSA) is 124 Å². The molecule has 0 atom stereocenters. The van der Waals surface area contributed by atoms with E-state index in [4.69, 9.17) is 28.4 Å². The summed E-state index contributed by atoms with van der Waals surface area (Å²) in [6, 6.07) is 18.6. The van der Waals surface area contributed by atoms with Crippen molar-refractivity contribution >= 4 is 23.9 Å². The van der Waals surface area contributed by atoms with Gasteiger partial charge in [-0.2, -0.15) is 0 Å². The SMILES string of the molecule is C=C(C)C(=O)OCCCOc1ccc(C(=O)Oc2ccc(-c3ccc(OC(=O)C(=C)C)cc3)cc2)cc1OCCCOC(=O)C(=C)C. The number of hydrogen-bond acceptors (Lipinski definition) is 10. The van der Waals surface area contributed by atoms with Crippen LogP contribution < -0.4 is 18.9 Å². The molecule has 0 aromatic heterocycles. The van der Waals surface area contributed by atoms with Crippen LogP contribution in [-0.2, 0) is 23.9 Å². The molecule has 0 saturated carbocycles. The molecule has 47 heavy (non-hydrogen) atoms. The Labute approximate surface area is 274 Å². The molecule has 10 heteroatoms. The summed E-state index contributed by atoms with van der Waals surface area (Å²) in [5.41, 5.74) is 2.88. The largest absolute Gasteiger partial charge is 0.490 e. The molecule has 0 bridgehead atoms. The molecule has 0 aliphatic heterocycles. The fourth-order valence-electron chi connectivity index (χ4n) is 3.72. The van der Waals surface area contributed by atoms with Crippen molar-refractivity contribution in [1.82, 2.24) is 0 Å². The zero-order valence-electron chi connectivity index (χ0n) is 26.8. The third-order valence-electron chi connectivity index (χ3n) is 6.25. The first-order chi connectivity index (χ1) is 22.4. The highest BCUT2D eigenvalue weighted by Gasteiger charge is 2.15. The molecule has 0 fully saturated rings. The highest BCUT2D eigenvalue weighted by atomic mass is 16.6. The minimum atomic E-state index is -0.611. The van der Waals surface area contributed by atoms with Gasteiger partial charge in [0.1, 0.15) is 11.5 Å². The Morgan fingerprint density at radius 1 is 0.532 bits per heavy atom. The number of rotatable bonds is 17. The molecular weight excluding hydrogens is 604 g/mol. The van der Waals surface area contributed by atoms with Gasteiger partial charge in [-0.3, -0.25) is 0 Å². The van der Waals surface area contributed by atoms with Crippen LogP contribution in [0.5, 0.6) is 23.0 Å². The summed E-state index contributed by atoms with van der Waals surface area (Å²) < 4.78 is 32.7. The van der Waals surface area contributed by atoms with E-state index < -0.39 is 23.9 Å². The maximum Gasteiger partial charge on any atom is 0.343 e. The van der Waals surface area contributed by atoms with Gasteiger partial charge in [-0.05, 0) is 74.4 Å². The normalized spacial score (nSPS) is 10.3. The van der Waals surface area contributed by atoms with Gasteiger partial charge in [0.25, 0.3) is 0 Å². The average molecular weight is 643 g/mol. The van der Waals surface area contributed by atoms with E-state index in [1.54, 1.807) is 69.3 Å². The lowest BCUT2D eigenvalue weighted by Crippen LogP contribution is -2.12. The quantitative estimate of drug-likeness (QED) is 0.0670. The molecule has 3 aromatic rings. The van der Waals surface area contributed by atoms with Crippen molar-refractivity contribution in [3.05, 3.63) is 109 Å². The maximum atomic E-state index is 13.1. The van der Waals surface area contributed by atoms with Gasteiger partial charge >= 0.3 is 23.9 Å². The maximum absolute atomic E-state index is 13.1. The lowest BCUT2D eigenvalue weighted by molar-refractivity contribution is -0.140. The first-order valence-electron chi connectivity index (χ1n) is 14.8. The second-order valence-electron chi connectivity index (χ2n) is 10.5. The predicted molar refractivity (Wildman–Crippen MR) is 175 cm³/mol. The third kappa shape index (κ3) is 11.7. The standard InChI is InChI=1S/C37H38O10/c1-24(2)34(38)44-21-7-19-42-32-18-13-29(23-33(32)43-20-8-22-45-35(39)25(3)4)37(41)47-31-16-11-28(12-17-31)27-9-14-30(15-10-27)46-36(40)26(5)6/h9-18,23H,1,3,5,7-8,19-22H2,2,4,6H3. The highest BCUT2D eigenvalue weighted by Crippen LogP contribution is 2.30. The smallest absolute Gasteiger partial charge is 0.343 e. The number of hydrogen-bond donors (Lipinski definition) is 0. The lowest BCUT2D eigenvalue weighted by Gasteiger charge is -2.14. The lowest BCUT2D eigenvalue weighted by atomic mass is 10.1. The Morgan fingerprint density at radius 3 is 1.45 bits per heavy atom. The Balaban J connectivity index is 1.64. The highest BCUT2D eigenvalue weighted by molar-refractivity contribution is 5.92. The monoisotopic (exact) mass is 642 g/mol. The van der Waals surface area contributed by atoms with Crippen molar-refractivity contribution < 1.29 is 47.6 Å². The van der Waals surface area contributed by atoms with Crippen LogP contribution in [0.1, 0.15) is 44.0 Å². The zero-order valence-corrected chi connectivity index (χ0v) is 26.8. The van der Waals surface area contributed by atoms with Crippen LogP contribution in [0.4, 0.5) is 0 Å². The van der Waals surface area contributed by atoms with E-state index >= 15 is 0 Å². The Morgan fingerprint density at radius 2 is 0.979 bits per heavy atom. The summed E-state index contributed by atoms with van der Waals surface area (Å²) in [5.74, 6) is -0.673. The number of ether oxygens (including phenoxy) is 6. The second-order valence-corrected chi connectivity index (χ2v) is 10.5. The van der Waals surface area contributed by atoms with E-state index in [9.17, 15) is 19.2 Å². The van der Waals surface area contributed by atoms with Crippen molar-refractivity contribution in [2.75, 3.05) is 26.4 Å². The van der Waals surface area contributed by atoms with E-state index in [1.165, 1.54) is 6.07 Å². The fourth-order valence-corrected chi connectivity index (χ4v) is 3.72. The Bertz CT molecular complexity index is 1620. The van der Waals surface area contributed by atoms with Gasteiger partial charge in [0.15, 0.2) is 11.5 Å². The minimum Gasteiger partial charge on any atom is -0.490 e. The van der Waals surface area contributed by atoms with Crippen LogP contribution in [0.2, 0.25) is 0 Å². The van der Waals surface area contributed by atoms with Gasteiger partial charge in [-0.15, -0.1) is 0 Å². The van der Waals surface area contributed by atoms with Crippen molar-refractivity contribution in [3.8, 4) is 34.1 Å². The van der Waals surface area contributed by atoms with Gasteiger partial charge in [0, 0.05) is 29.6 Å². The third-order valence-corrected chi connectivity index (χ3v) is 6.25.